The van der Waals surface area contributed by atoms with E-state index >= 15 is 0 Å². The summed E-state index contributed by atoms with van der Waals surface area (Å²) >= 11 is 1.83. The number of hydrogen-bond donors (Lipinski definition) is 1. The first kappa shape index (κ1) is 14.0. The Kier molecular flexibility index (Phi) is 4.76. The number of hydrogen-bond acceptors (Lipinski definition) is 4. The van der Waals surface area contributed by atoms with Gasteiger partial charge in [-0.25, -0.2) is 4.98 Å². The zero-order chi connectivity index (χ0) is 13.1. The molecule has 0 spiro atoms. The van der Waals surface area contributed by atoms with Crippen LogP contribution in [0, 0.1) is 12.8 Å². The molecule has 0 radical (unpaired) electrons. The van der Waals surface area contributed by atoms with Crippen LogP contribution in [0.15, 0.2) is 6.20 Å². The molecule has 0 amide bonds. The molecule has 0 aliphatic carbocycles. The van der Waals surface area contributed by atoms with Gasteiger partial charge in [0.2, 0.25) is 0 Å². The van der Waals surface area contributed by atoms with Crippen LogP contribution < -0.4 is 5.32 Å². The fourth-order valence-corrected chi connectivity index (χ4v) is 3.30. The highest BCUT2D eigenvalue weighted by Crippen LogP contribution is 2.20. The minimum atomic E-state index is 0.606. The molecule has 1 aromatic heterocycles. The monoisotopic (exact) mass is 267 g/mol. The van der Waals surface area contributed by atoms with Gasteiger partial charge < -0.3 is 5.32 Å². The molecule has 2 heterocycles. The van der Waals surface area contributed by atoms with E-state index in [4.69, 9.17) is 0 Å². The molecule has 2 rings (SSSR count). The molecule has 1 N–H and O–H groups in total. The van der Waals surface area contributed by atoms with Crippen molar-refractivity contribution in [3.8, 4) is 0 Å². The second kappa shape index (κ2) is 6.13. The molecule has 18 heavy (non-hydrogen) atoms. The SMILES string of the molecule is CCC(C)C1CN(Cc2ncc(C)s2)C(C)CN1. The maximum atomic E-state index is 4.49. The van der Waals surface area contributed by atoms with Crippen LogP contribution in [0.4, 0.5) is 0 Å². The van der Waals surface area contributed by atoms with Gasteiger partial charge in [0, 0.05) is 36.2 Å². The molecule has 0 saturated carbocycles. The van der Waals surface area contributed by atoms with Crippen molar-refractivity contribution in [2.75, 3.05) is 13.1 Å². The Bertz CT molecular complexity index is 377. The van der Waals surface area contributed by atoms with E-state index < -0.39 is 0 Å². The number of thiazole rings is 1. The van der Waals surface area contributed by atoms with Crippen molar-refractivity contribution in [3.63, 3.8) is 0 Å². The van der Waals surface area contributed by atoms with E-state index in [9.17, 15) is 0 Å². The molecule has 0 bridgehead atoms. The summed E-state index contributed by atoms with van der Waals surface area (Å²) in [6.45, 7) is 12.3. The lowest BCUT2D eigenvalue weighted by molar-refractivity contribution is 0.112. The molecular weight excluding hydrogens is 242 g/mol. The first-order valence-corrected chi connectivity index (χ1v) is 7.80. The van der Waals surface area contributed by atoms with Gasteiger partial charge in [0.25, 0.3) is 0 Å². The quantitative estimate of drug-likeness (QED) is 0.909. The second-order valence-electron chi connectivity index (χ2n) is 5.54. The molecule has 1 saturated heterocycles. The highest BCUT2D eigenvalue weighted by atomic mass is 32.1. The predicted octanol–water partition coefficient (Wildman–Crippen LogP) is 2.66. The molecule has 3 atom stereocenters. The van der Waals surface area contributed by atoms with Gasteiger partial charge in [0.05, 0.1) is 6.54 Å². The first-order chi connectivity index (χ1) is 8.60. The van der Waals surface area contributed by atoms with Crippen LogP contribution in [-0.4, -0.2) is 35.1 Å². The van der Waals surface area contributed by atoms with Crippen molar-refractivity contribution < 1.29 is 0 Å². The van der Waals surface area contributed by atoms with Crippen molar-refractivity contribution in [1.29, 1.82) is 0 Å². The van der Waals surface area contributed by atoms with Crippen LogP contribution in [0.5, 0.6) is 0 Å². The van der Waals surface area contributed by atoms with Gasteiger partial charge in [0.15, 0.2) is 0 Å². The van der Waals surface area contributed by atoms with Gasteiger partial charge in [-0.05, 0) is 19.8 Å². The van der Waals surface area contributed by atoms with Crippen molar-refractivity contribution in [2.24, 2.45) is 5.92 Å². The summed E-state index contributed by atoms with van der Waals surface area (Å²) in [4.78, 5) is 8.38. The molecule has 3 nitrogen and oxygen atoms in total. The summed E-state index contributed by atoms with van der Waals surface area (Å²) < 4.78 is 0. The van der Waals surface area contributed by atoms with E-state index in [1.54, 1.807) is 0 Å². The van der Waals surface area contributed by atoms with Crippen LogP contribution in [0.2, 0.25) is 0 Å². The lowest BCUT2D eigenvalue weighted by atomic mass is 9.96. The molecule has 1 aliphatic heterocycles. The lowest BCUT2D eigenvalue weighted by Gasteiger charge is -2.40. The summed E-state index contributed by atoms with van der Waals surface area (Å²) in [5, 5.41) is 4.94. The minimum absolute atomic E-state index is 0.606. The molecular formula is C14H25N3S. The number of piperazine rings is 1. The summed E-state index contributed by atoms with van der Waals surface area (Å²) in [6.07, 6.45) is 3.23. The molecule has 1 aliphatic rings. The average Bonchev–Trinajstić information content (AvgIpc) is 2.76. The Hall–Kier alpha value is -0.450. The van der Waals surface area contributed by atoms with E-state index in [1.165, 1.54) is 16.3 Å². The van der Waals surface area contributed by atoms with Crippen molar-refractivity contribution in [2.45, 2.75) is 52.7 Å². The number of aromatic nitrogens is 1. The van der Waals surface area contributed by atoms with Crippen molar-refractivity contribution in [3.05, 3.63) is 16.1 Å². The van der Waals surface area contributed by atoms with E-state index in [2.05, 4.69) is 42.9 Å². The Labute approximate surface area is 115 Å². The first-order valence-electron chi connectivity index (χ1n) is 6.99. The fourth-order valence-electron chi connectivity index (χ4n) is 2.48. The summed E-state index contributed by atoms with van der Waals surface area (Å²) in [7, 11) is 0. The van der Waals surface area contributed by atoms with E-state index in [-0.39, 0.29) is 0 Å². The lowest BCUT2D eigenvalue weighted by Crippen LogP contribution is -2.56. The third-order valence-electron chi connectivity index (χ3n) is 4.07. The zero-order valence-electron chi connectivity index (χ0n) is 11.9. The Morgan fingerprint density at radius 2 is 2.39 bits per heavy atom. The van der Waals surface area contributed by atoms with Gasteiger partial charge in [0.1, 0.15) is 5.01 Å². The van der Waals surface area contributed by atoms with E-state index in [0.717, 1.165) is 25.6 Å². The van der Waals surface area contributed by atoms with Gasteiger partial charge in [-0.1, -0.05) is 20.3 Å². The zero-order valence-corrected chi connectivity index (χ0v) is 12.8. The van der Waals surface area contributed by atoms with Gasteiger partial charge >= 0.3 is 0 Å². The molecule has 102 valence electrons. The van der Waals surface area contributed by atoms with Gasteiger partial charge in [-0.2, -0.15) is 0 Å². The molecule has 4 heteroatoms. The molecule has 0 aromatic carbocycles. The van der Waals surface area contributed by atoms with Crippen LogP contribution in [0.1, 0.15) is 37.1 Å². The number of nitrogens with zero attached hydrogens (tertiary/aromatic N) is 2. The highest BCUT2D eigenvalue weighted by Gasteiger charge is 2.28. The molecule has 3 unspecified atom stereocenters. The summed E-state index contributed by atoms with van der Waals surface area (Å²) in [5.41, 5.74) is 0. The Balaban J connectivity index is 1.97. The van der Waals surface area contributed by atoms with E-state index in [0.29, 0.717) is 12.1 Å². The second-order valence-corrected chi connectivity index (χ2v) is 6.86. The minimum Gasteiger partial charge on any atom is -0.311 e. The standard InChI is InChI=1S/C14H25N3S/c1-5-10(2)13-8-17(11(3)6-15-13)9-14-16-7-12(4)18-14/h7,10-11,13,15H,5-6,8-9H2,1-4H3. The Morgan fingerprint density at radius 3 is 3.00 bits per heavy atom. The smallest absolute Gasteiger partial charge is 0.107 e. The van der Waals surface area contributed by atoms with Crippen LogP contribution in [-0.2, 0) is 6.54 Å². The maximum Gasteiger partial charge on any atom is 0.107 e. The number of aryl methyl sites for hydroxylation is 1. The predicted molar refractivity (Wildman–Crippen MR) is 78.0 cm³/mol. The maximum absolute atomic E-state index is 4.49. The van der Waals surface area contributed by atoms with Gasteiger partial charge in [-0.3, -0.25) is 4.90 Å². The Morgan fingerprint density at radius 1 is 1.61 bits per heavy atom. The number of rotatable bonds is 4. The van der Waals surface area contributed by atoms with Crippen LogP contribution in [0.3, 0.4) is 0 Å². The summed E-state index contributed by atoms with van der Waals surface area (Å²) in [5.74, 6) is 0.748. The van der Waals surface area contributed by atoms with Crippen molar-refractivity contribution >= 4 is 11.3 Å². The van der Waals surface area contributed by atoms with E-state index in [1.807, 2.05) is 17.5 Å². The normalized spacial score (nSPS) is 27.3. The largest absolute Gasteiger partial charge is 0.311 e. The fraction of sp³-hybridized carbons (Fsp3) is 0.786. The third-order valence-corrected chi connectivity index (χ3v) is 4.97. The molecule has 1 aromatic rings. The van der Waals surface area contributed by atoms with Crippen LogP contribution >= 0.6 is 11.3 Å². The highest BCUT2D eigenvalue weighted by molar-refractivity contribution is 7.11. The topological polar surface area (TPSA) is 28.2 Å². The van der Waals surface area contributed by atoms with Gasteiger partial charge in [-0.15, -0.1) is 11.3 Å². The average molecular weight is 267 g/mol. The third kappa shape index (κ3) is 3.31. The number of nitrogens with one attached hydrogen (secondary N) is 1. The summed E-state index contributed by atoms with van der Waals surface area (Å²) in [6, 6.07) is 1.24. The molecule has 1 fully saturated rings. The van der Waals surface area contributed by atoms with Crippen molar-refractivity contribution in [1.82, 2.24) is 15.2 Å². The van der Waals surface area contributed by atoms with Crippen LogP contribution in [0.25, 0.3) is 0 Å².